The Labute approximate surface area is 148 Å². The summed E-state index contributed by atoms with van der Waals surface area (Å²) in [5, 5.41) is 3.33. The third-order valence-corrected chi connectivity index (χ3v) is 6.48. The van der Waals surface area contributed by atoms with E-state index in [1.165, 1.54) is 23.5 Å². The topological polar surface area (TPSA) is 61.9 Å². The van der Waals surface area contributed by atoms with Gasteiger partial charge in [-0.3, -0.25) is 4.90 Å². The molecule has 0 bridgehead atoms. The van der Waals surface area contributed by atoms with Gasteiger partial charge < -0.3 is 10.1 Å². The Morgan fingerprint density at radius 1 is 1.25 bits per heavy atom. The van der Waals surface area contributed by atoms with Crippen molar-refractivity contribution in [1.82, 2.24) is 14.5 Å². The van der Waals surface area contributed by atoms with E-state index in [-0.39, 0.29) is 23.1 Å². The summed E-state index contributed by atoms with van der Waals surface area (Å²) in [5.74, 6) is -0.619. The standard InChI is InChI=1S/C15H22FN3O3S.ClH/c1-22-15-3-2-13(10-14(15)16)23(20,21)19-8-6-18(7-9-19)12-4-5-17-11-12;/h2-3,10,12,17H,4-9,11H2,1H3;1H. The Hall–Kier alpha value is -0.930. The summed E-state index contributed by atoms with van der Waals surface area (Å²) in [6.07, 6.45) is 1.11. The summed E-state index contributed by atoms with van der Waals surface area (Å²) in [6, 6.07) is 4.27. The second kappa shape index (κ2) is 7.97. The van der Waals surface area contributed by atoms with Crippen molar-refractivity contribution in [3.63, 3.8) is 0 Å². The first-order chi connectivity index (χ1) is 11.0. The van der Waals surface area contributed by atoms with Crippen LogP contribution in [0.15, 0.2) is 23.1 Å². The van der Waals surface area contributed by atoms with Crippen LogP contribution < -0.4 is 10.1 Å². The normalized spacial score (nSPS) is 23.0. The largest absolute Gasteiger partial charge is 0.494 e. The number of nitrogens with one attached hydrogen (secondary N) is 1. The molecule has 0 spiro atoms. The van der Waals surface area contributed by atoms with Crippen molar-refractivity contribution in [3.8, 4) is 5.75 Å². The number of sulfonamides is 1. The summed E-state index contributed by atoms with van der Waals surface area (Å²) >= 11 is 0. The van der Waals surface area contributed by atoms with Crippen molar-refractivity contribution >= 4 is 22.4 Å². The molecule has 9 heteroatoms. The molecule has 2 aliphatic heterocycles. The number of halogens is 2. The minimum absolute atomic E-state index is 0. The highest BCUT2D eigenvalue weighted by Crippen LogP contribution is 2.24. The number of ether oxygens (including phenoxy) is 1. The van der Waals surface area contributed by atoms with E-state index in [1.54, 1.807) is 0 Å². The van der Waals surface area contributed by atoms with Crippen molar-refractivity contribution in [2.75, 3.05) is 46.4 Å². The zero-order valence-electron chi connectivity index (χ0n) is 13.6. The molecule has 6 nitrogen and oxygen atoms in total. The molecule has 0 aromatic heterocycles. The van der Waals surface area contributed by atoms with Gasteiger partial charge in [0.25, 0.3) is 0 Å². The van der Waals surface area contributed by atoms with Crippen LogP contribution in [0.1, 0.15) is 6.42 Å². The lowest BCUT2D eigenvalue weighted by molar-refractivity contribution is 0.145. The number of methoxy groups -OCH3 is 1. The molecule has 2 aliphatic rings. The Bertz CT molecular complexity index is 660. The molecular formula is C15H23ClFN3O3S. The summed E-state index contributed by atoms with van der Waals surface area (Å²) in [5.41, 5.74) is 0. The number of hydrogen-bond donors (Lipinski definition) is 1. The monoisotopic (exact) mass is 379 g/mol. The molecule has 1 unspecified atom stereocenters. The molecule has 0 aliphatic carbocycles. The van der Waals surface area contributed by atoms with Crippen molar-refractivity contribution in [2.45, 2.75) is 17.4 Å². The van der Waals surface area contributed by atoms with E-state index >= 15 is 0 Å². The lowest BCUT2D eigenvalue weighted by Crippen LogP contribution is -2.52. The predicted octanol–water partition coefficient (Wildman–Crippen LogP) is 0.924. The van der Waals surface area contributed by atoms with E-state index in [0.717, 1.165) is 25.6 Å². The molecule has 2 saturated heterocycles. The van der Waals surface area contributed by atoms with Gasteiger partial charge in [-0.25, -0.2) is 12.8 Å². The van der Waals surface area contributed by atoms with Gasteiger partial charge in [-0.05, 0) is 31.2 Å². The van der Waals surface area contributed by atoms with Gasteiger partial charge in [0.05, 0.1) is 12.0 Å². The first-order valence-corrected chi connectivity index (χ1v) is 9.25. The predicted molar refractivity (Wildman–Crippen MR) is 91.8 cm³/mol. The summed E-state index contributed by atoms with van der Waals surface area (Å²) in [4.78, 5) is 2.31. The Balaban J connectivity index is 0.00000208. The maximum Gasteiger partial charge on any atom is 0.243 e. The number of nitrogens with zero attached hydrogens (tertiary/aromatic N) is 2. The molecule has 1 atom stereocenters. The zero-order valence-corrected chi connectivity index (χ0v) is 15.2. The van der Waals surface area contributed by atoms with E-state index < -0.39 is 15.8 Å². The van der Waals surface area contributed by atoms with Gasteiger partial charge in [-0.1, -0.05) is 0 Å². The van der Waals surface area contributed by atoms with E-state index in [9.17, 15) is 12.8 Å². The number of benzene rings is 1. The fourth-order valence-electron chi connectivity index (χ4n) is 3.22. The smallest absolute Gasteiger partial charge is 0.243 e. The van der Waals surface area contributed by atoms with E-state index in [4.69, 9.17) is 4.74 Å². The molecule has 2 heterocycles. The lowest BCUT2D eigenvalue weighted by Gasteiger charge is -2.37. The van der Waals surface area contributed by atoms with Crippen molar-refractivity contribution in [1.29, 1.82) is 0 Å². The average molecular weight is 380 g/mol. The van der Waals surface area contributed by atoms with Crippen LogP contribution in [-0.2, 0) is 10.0 Å². The van der Waals surface area contributed by atoms with Crippen LogP contribution in [0.2, 0.25) is 0 Å². The molecule has 3 rings (SSSR count). The molecule has 24 heavy (non-hydrogen) atoms. The Kier molecular flexibility index (Phi) is 6.44. The van der Waals surface area contributed by atoms with Gasteiger partial charge in [-0.2, -0.15) is 4.31 Å². The number of rotatable bonds is 4. The van der Waals surface area contributed by atoms with Crippen LogP contribution in [0.25, 0.3) is 0 Å². The lowest BCUT2D eigenvalue weighted by atomic mass is 10.2. The van der Waals surface area contributed by atoms with Crippen molar-refractivity contribution in [3.05, 3.63) is 24.0 Å². The molecule has 1 N–H and O–H groups in total. The number of piperazine rings is 1. The maximum absolute atomic E-state index is 13.8. The van der Waals surface area contributed by atoms with E-state index in [1.807, 2.05) is 0 Å². The SMILES string of the molecule is COc1ccc(S(=O)(=O)N2CCN(C3CCNC3)CC2)cc1F.Cl. The molecular weight excluding hydrogens is 357 g/mol. The van der Waals surface area contributed by atoms with Gasteiger partial charge >= 0.3 is 0 Å². The highest BCUT2D eigenvalue weighted by atomic mass is 35.5. The molecule has 1 aromatic carbocycles. The number of hydrogen-bond acceptors (Lipinski definition) is 5. The Morgan fingerprint density at radius 3 is 2.50 bits per heavy atom. The fourth-order valence-corrected chi connectivity index (χ4v) is 4.65. The van der Waals surface area contributed by atoms with Crippen LogP contribution in [-0.4, -0.2) is 70.0 Å². The molecule has 0 saturated carbocycles. The quantitative estimate of drug-likeness (QED) is 0.843. The maximum atomic E-state index is 13.8. The van der Waals surface area contributed by atoms with Gasteiger partial charge in [0.1, 0.15) is 0 Å². The van der Waals surface area contributed by atoms with Gasteiger partial charge in [0.15, 0.2) is 11.6 Å². The summed E-state index contributed by atoms with van der Waals surface area (Å²) in [7, 11) is -2.31. The van der Waals surface area contributed by atoms with Crippen LogP contribution in [0.4, 0.5) is 4.39 Å². The fraction of sp³-hybridized carbons (Fsp3) is 0.600. The zero-order chi connectivity index (χ0) is 16.4. The second-order valence-electron chi connectivity index (χ2n) is 5.88. The van der Waals surface area contributed by atoms with Crippen LogP contribution >= 0.6 is 12.4 Å². The molecule has 1 aromatic rings. The van der Waals surface area contributed by atoms with Gasteiger partial charge in [-0.15, -0.1) is 12.4 Å². The third kappa shape index (κ3) is 3.83. The minimum Gasteiger partial charge on any atom is -0.494 e. The molecule has 2 fully saturated rings. The van der Waals surface area contributed by atoms with Crippen molar-refractivity contribution < 1.29 is 17.5 Å². The second-order valence-corrected chi connectivity index (χ2v) is 7.82. The van der Waals surface area contributed by atoms with Crippen LogP contribution in [0, 0.1) is 5.82 Å². The average Bonchev–Trinajstić information content (AvgIpc) is 3.09. The highest BCUT2D eigenvalue weighted by Gasteiger charge is 2.32. The van der Waals surface area contributed by atoms with Crippen LogP contribution in [0.5, 0.6) is 5.75 Å². The highest BCUT2D eigenvalue weighted by molar-refractivity contribution is 7.89. The Morgan fingerprint density at radius 2 is 1.96 bits per heavy atom. The van der Waals surface area contributed by atoms with Crippen molar-refractivity contribution in [2.24, 2.45) is 0 Å². The van der Waals surface area contributed by atoms with Gasteiger partial charge in [0.2, 0.25) is 10.0 Å². The van der Waals surface area contributed by atoms with E-state index in [2.05, 4.69) is 10.2 Å². The molecule has 0 radical (unpaired) electrons. The summed E-state index contributed by atoms with van der Waals surface area (Å²) in [6.45, 7) is 4.29. The van der Waals surface area contributed by atoms with Crippen LogP contribution in [0.3, 0.4) is 0 Å². The minimum atomic E-state index is -3.66. The third-order valence-electron chi connectivity index (χ3n) is 4.58. The first kappa shape index (κ1) is 19.4. The first-order valence-electron chi connectivity index (χ1n) is 7.81. The molecule has 0 amide bonds. The van der Waals surface area contributed by atoms with E-state index in [0.29, 0.717) is 32.2 Å². The summed E-state index contributed by atoms with van der Waals surface area (Å²) < 4.78 is 45.4. The molecule has 136 valence electrons. The van der Waals surface area contributed by atoms with Gasteiger partial charge in [0, 0.05) is 38.8 Å².